The van der Waals surface area contributed by atoms with Gasteiger partial charge >= 0.3 is 0 Å². The van der Waals surface area contributed by atoms with Crippen molar-refractivity contribution in [2.75, 3.05) is 13.7 Å². The minimum Gasteiger partial charge on any atom is -0.496 e. The molecule has 0 aromatic heterocycles. The van der Waals surface area contributed by atoms with Crippen LogP contribution in [0.2, 0.25) is 0 Å². The van der Waals surface area contributed by atoms with Gasteiger partial charge in [-0.15, -0.1) is 0 Å². The van der Waals surface area contributed by atoms with Crippen LogP contribution in [0.4, 0.5) is 5.69 Å². The Bertz CT molecular complexity index is 423. The van der Waals surface area contributed by atoms with E-state index in [1.165, 1.54) is 19.2 Å². The topological polar surface area (TPSA) is 84.6 Å². The Labute approximate surface area is 112 Å². The normalized spacial score (nSPS) is 12.2. The van der Waals surface area contributed by atoms with Crippen molar-refractivity contribution in [1.29, 1.82) is 0 Å². The number of methoxy groups -OCH3 is 1. The van der Waals surface area contributed by atoms with Gasteiger partial charge in [0.15, 0.2) is 0 Å². The van der Waals surface area contributed by atoms with Gasteiger partial charge in [0.2, 0.25) is 0 Å². The maximum absolute atomic E-state index is 10.8. The Morgan fingerprint density at radius 3 is 2.79 bits per heavy atom. The summed E-state index contributed by atoms with van der Waals surface area (Å²) in [5.41, 5.74) is 0.792. The number of nitrogens with zero attached hydrogens (tertiary/aromatic N) is 1. The molecule has 0 amide bonds. The minimum absolute atomic E-state index is 0.0489. The van der Waals surface area contributed by atoms with E-state index in [9.17, 15) is 10.1 Å². The lowest BCUT2D eigenvalue weighted by molar-refractivity contribution is -0.384. The zero-order chi connectivity index (χ0) is 14.3. The summed E-state index contributed by atoms with van der Waals surface area (Å²) in [6.07, 6.45) is 1.55. The van der Waals surface area contributed by atoms with Crippen LogP contribution in [-0.2, 0) is 6.54 Å². The quantitative estimate of drug-likeness (QED) is 0.555. The van der Waals surface area contributed by atoms with Crippen LogP contribution in [0.1, 0.15) is 25.3 Å². The van der Waals surface area contributed by atoms with Crippen LogP contribution >= 0.6 is 0 Å². The number of aliphatic hydroxyl groups is 1. The molecule has 1 aromatic rings. The van der Waals surface area contributed by atoms with Gasteiger partial charge in [-0.3, -0.25) is 10.1 Å². The van der Waals surface area contributed by atoms with Crippen LogP contribution in [0, 0.1) is 10.1 Å². The second-order valence-corrected chi connectivity index (χ2v) is 4.25. The molecule has 0 bridgehead atoms. The zero-order valence-electron chi connectivity index (χ0n) is 11.3. The molecule has 0 fully saturated rings. The first kappa shape index (κ1) is 15.4. The highest BCUT2D eigenvalue weighted by molar-refractivity contribution is 5.43. The SMILES string of the molecule is CCC(CCO)NCc1cc([N+](=O)[O-])ccc1OC. The van der Waals surface area contributed by atoms with E-state index in [2.05, 4.69) is 5.32 Å². The van der Waals surface area contributed by atoms with E-state index in [1.54, 1.807) is 6.07 Å². The van der Waals surface area contributed by atoms with Crippen molar-refractivity contribution in [3.63, 3.8) is 0 Å². The maximum Gasteiger partial charge on any atom is 0.270 e. The molecule has 1 unspecified atom stereocenters. The number of hydrogen-bond acceptors (Lipinski definition) is 5. The maximum atomic E-state index is 10.8. The number of hydrogen-bond donors (Lipinski definition) is 2. The first-order valence-corrected chi connectivity index (χ1v) is 6.27. The molecule has 1 rings (SSSR count). The van der Waals surface area contributed by atoms with Crippen LogP contribution in [0.3, 0.4) is 0 Å². The van der Waals surface area contributed by atoms with Crippen molar-refractivity contribution in [3.8, 4) is 5.75 Å². The van der Waals surface area contributed by atoms with Crippen molar-refractivity contribution in [2.24, 2.45) is 0 Å². The molecule has 0 radical (unpaired) electrons. The largest absolute Gasteiger partial charge is 0.496 e. The van der Waals surface area contributed by atoms with Gasteiger partial charge in [-0.25, -0.2) is 0 Å². The molecule has 0 saturated carbocycles. The summed E-state index contributed by atoms with van der Waals surface area (Å²) in [7, 11) is 1.54. The lowest BCUT2D eigenvalue weighted by Gasteiger charge is -2.16. The van der Waals surface area contributed by atoms with Crippen LogP contribution in [0.15, 0.2) is 18.2 Å². The molecule has 2 N–H and O–H groups in total. The number of non-ortho nitro benzene ring substituents is 1. The third kappa shape index (κ3) is 4.50. The third-order valence-electron chi connectivity index (χ3n) is 3.03. The summed E-state index contributed by atoms with van der Waals surface area (Å²) in [5, 5.41) is 23.0. The summed E-state index contributed by atoms with van der Waals surface area (Å²) in [5.74, 6) is 0.622. The molecule has 19 heavy (non-hydrogen) atoms. The molecule has 0 heterocycles. The minimum atomic E-state index is -0.423. The van der Waals surface area contributed by atoms with Crippen LogP contribution < -0.4 is 10.1 Å². The molecule has 1 atom stereocenters. The molecule has 6 heteroatoms. The smallest absolute Gasteiger partial charge is 0.270 e. The monoisotopic (exact) mass is 268 g/mol. The number of aliphatic hydroxyl groups excluding tert-OH is 1. The van der Waals surface area contributed by atoms with E-state index in [4.69, 9.17) is 9.84 Å². The van der Waals surface area contributed by atoms with Crippen molar-refractivity contribution < 1.29 is 14.8 Å². The summed E-state index contributed by atoms with van der Waals surface area (Å²) in [6.45, 7) is 2.62. The molecule has 106 valence electrons. The fourth-order valence-electron chi connectivity index (χ4n) is 1.88. The lowest BCUT2D eigenvalue weighted by Crippen LogP contribution is -2.29. The Morgan fingerprint density at radius 2 is 2.26 bits per heavy atom. The van der Waals surface area contributed by atoms with E-state index in [0.717, 1.165) is 12.0 Å². The molecular weight excluding hydrogens is 248 g/mol. The Kier molecular flexibility index (Phi) is 6.24. The highest BCUT2D eigenvalue weighted by Crippen LogP contribution is 2.24. The van der Waals surface area contributed by atoms with Crippen molar-refractivity contribution >= 4 is 5.69 Å². The standard InChI is InChI=1S/C13H20N2O4/c1-3-11(6-7-16)14-9-10-8-12(15(17)18)4-5-13(10)19-2/h4-5,8,11,14,16H,3,6-7,9H2,1-2H3. The molecule has 0 aliphatic heterocycles. The van der Waals surface area contributed by atoms with E-state index < -0.39 is 4.92 Å². The predicted octanol–water partition coefficient (Wildman–Crippen LogP) is 1.85. The summed E-state index contributed by atoms with van der Waals surface area (Å²) >= 11 is 0. The van der Waals surface area contributed by atoms with Gasteiger partial charge in [-0.1, -0.05) is 6.92 Å². The van der Waals surface area contributed by atoms with E-state index in [1.807, 2.05) is 6.92 Å². The molecular formula is C13H20N2O4. The van der Waals surface area contributed by atoms with Gasteiger partial charge in [0, 0.05) is 36.9 Å². The van der Waals surface area contributed by atoms with Crippen molar-refractivity contribution in [3.05, 3.63) is 33.9 Å². The zero-order valence-corrected chi connectivity index (χ0v) is 11.3. The van der Waals surface area contributed by atoms with Gasteiger partial charge in [-0.2, -0.15) is 0 Å². The first-order chi connectivity index (χ1) is 9.12. The molecule has 1 aromatic carbocycles. The average Bonchev–Trinajstić information content (AvgIpc) is 2.42. The second-order valence-electron chi connectivity index (χ2n) is 4.25. The summed E-state index contributed by atoms with van der Waals surface area (Å²) in [4.78, 5) is 10.3. The van der Waals surface area contributed by atoms with Gasteiger partial charge in [0.25, 0.3) is 5.69 Å². The van der Waals surface area contributed by atoms with E-state index >= 15 is 0 Å². The molecule has 0 saturated heterocycles. The second kappa shape index (κ2) is 7.70. The Morgan fingerprint density at radius 1 is 1.53 bits per heavy atom. The fraction of sp³-hybridized carbons (Fsp3) is 0.538. The molecule has 6 nitrogen and oxygen atoms in total. The first-order valence-electron chi connectivity index (χ1n) is 6.27. The molecule has 0 aliphatic carbocycles. The van der Waals surface area contributed by atoms with Gasteiger partial charge < -0.3 is 15.2 Å². The molecule has 0 aliphatic rings. The summed E-state index contributed by atoms with van der Waals surface area (Å²) in [6, 6.07) is 4.72. The third-order valence-corrected chi connectivity index (χ3v) is 3.03. The van der Waals surface area contributed by atoms with Gasteiger partial charge in [-0.05, 0) is 18.9 Å². The average molecular weight is 268 g/mol. The lowest BCUT2D eigenvalue weighted by atomic mass is 10.1. The number of nitro benzene ring substituents is 1. The summed E-state index contributed by atoms with van der Waals surface area (Å²) < 4.78 is 5.19. The van der Waals surface area contributed by atoms with Crippen LogP contribution in [0.5, 0.6) is 5.75 Å². The number of rotatable bonds is 8. The van der Waals surface area contributed by atoms with E-state index in [-0.39, 0.29) is 18.3 Å². The number of nitrogens with one attached hydrogen (secondary N) is 1. The predicted molar refractivity (Wildman–Crippen MR) is 72.3 cm³/mol. The Balaban J connectivity index is 2.79. The number of ether oxygens (including phenoxy) is 1. The number of benzene rings is 1. The van der Waals surface area contributed by atoms with Crippen molar-refractivity contribution in [1.82, 2.24) is 5.32 Å². The fourth-order valence-corrected chi connectivity index (χ4v) is 1.88. The van der Waals surface area contributed by atoms with E-state index in [0.29, 0.717) is 18.7 Å². The van der Waals surface area contributed by atoms with Crippen LogP contribution in [0.25, 0.3) is 0 Å². The van der Waals surface area contributed by atoms with Gasteiger partial charge in [0.1, 0.15) is 5.75 Å². The van der Waals surface area contributed by atoms with Crippen LogP contribution in [-0.4, -0.2) is 29.8 Å². The highest BCUT2D eigenvalue weighted by atomic mass is 16.6. The Hall–Kier alpha value is -1.66. The van der Waals surface area contributed by atoms with Crippen molar-refractivity contribution in [2.45, 2.75) is 32.4 Å². The molecule has 0 spiro atoms. The highest BCUT2D eigenvalue weighted by Gasteiger charge is 2.12. The number of nitro groups is 1. The van der Waals surface area contributed by atoms with Gasteiger partial charge in [0.05, 0.1) is 12.0 Å².